The van der Waals surface area contributed by atoms with Crippen LogP contribution in [0.5, 0.6) is 11.5 Å². The topological polar surface area (TPSA) is 92.8 Å². The lowest BCUT2D eigenvalue weighted by Crippen LogP contribution is -1.95. The predicted octanol–water partition coefficient (Wildman–Crippen LogP) is 2.61. The summed E-state index contributed by atoms with van der Waals surface area (Å²) < 4.78 is 5.15. The van der Waals surface area contributed by atoms with Crippen molar-refractivity contribution >= 4 is 28.5 Å². The minimum atomic E-state index is 0.0366. The second kappa shape index (κ2) is 6.76. The molecule has 0 radical (unpaired) electrons. The van der Waals surface area contributed by atoms with Crippen molar-refractivity contribution in [3.8, 4) is 11.5 Å². The van der Waals surface area contributed by atoms with Crippen LogP contribution < -0.4 is 15.9 Å². The molecule has 21 heavy (non-hydrogen) atoms. The Balaban J connectivity index is 2.21. The van der Waals surface area contributed by atoms with E-state index in [0.29, 0.717) is 28.7 Å². The first-order valence-corrected chi connectivity index (χ1v) is 7.03. The van der Waals surface area contributed by atoms with Gasteiger partial charge in [0, 0.05) is 10.9 Å². The highest BCUT2D eigenvalue weighted by Gasteiger charge is 2.08. The highest BCUT2D eigenvalue weighted by molar-refractivity contribution is 7.14. The van der Waals surface area contributed by atoms with Crippen molar-refractivity contribution in [3.63, 3.8) is 0 Å². The number of hydrazone groups is 1. The van der Waals surface area contributed by atoms with E-state index < -0.39 is 0 Å². The number of phenolic OH excluding ortho intramolecular Hbond substituents is 1. The average Bonchev–Trinajstić information content (AvgIpc) is 2.88. The largest absolute Gasteiger partial charge is 0.504 e. The molecular weight excluding hydrogens is 288 g/mol. The first-order chi connectivity index (χ1) is 10.1. The molecule has 0 amide bonds. The van der Waals surface area contributed by atoms with Crippen molar-refractivity contribution in [1.82, 2.24) is 4.98 Å². The molecule has 6 nitrogen and oxygen atoms in total. The van der Waals surface area contributed by atoms with Crippen molar-refractivity contribution in [2.24, 2.45) is 5.10 Å². The van der Waals surface area contributed by atoms with Crippen molar-refractivity contribution < 1.29 is 9.84 Å². The van der Waals surface area contributed by atoms with Gasteiger partial charge in [0.15, 0.2) is 11.5 Å². The molecule has 0 unspecified atom stereocenters. The second-order valence-electron chi connectivity index (χ2n) is 4.18. The molecule has 0 aliphatic rings. The monoisotopic (exact) mass is 304 g/mol. The Morgan fingerprint density at radius 2 is 2.38 bits per heavy atom. The summed E-state index contributed by atoms with van der Waals surface area (Å²) in [4.78, 5) is 4.02. The number of phenols is 1. The molecule has 0 spiro atoms. The molecule has 1 aromatic carbocycles. The molecule has 0 saturated heterocycles. The molecule has 110 valence electrons. The van der Waals surface area contributed by atoms with Crippen LogP contribution in [-0.2, 0) is 6.42 Å². The van der Waals surface area contributed by atoms with E-state index in [-0.39, 0.29) is 5.75 Å². The minimum Gasteiger partial charge on any atom is -0.504 e. The molecule has 0 aliphatic carbocycles. The first kappa shape index (κ1) is 14.9. The maximum Gasteiger partial charge on any atom is 0.205 e. The molecule has 2 rings (SSSR count). The Morgan fingerprint density at radius 1 is 1.57 bits per heavy atom. The third-order valence-electron chi connectivity index (χ3n) is 2.65. The summed E-state index contributed by atoms with van der Waals surface area (Å²) in [5, 5.41) is 16.4. The molecule has 0 saturated carbocycles. The van der Waals surface area contributed by atoms with Gasteiger partial charge in [-0.3, -0.25) is 5.43 Å². The number of aromatic nitrogens is 1. The van der Waals surface area contributed by atoms with Gasteiger partial charge < -0.3 is 15.6 Å². The normalized spacial score (nSPS) is 10.7. The molecule has 1 heterocycles. The number of nitrogens with two attached hydrogens (primary N) is 1. The van der Waals surface area contributed by atoms with Gasteiger partial charge in [-0.1, -0.05) is 6.08 Å². The van der Waals surface area contributed by atoms with Gasteiger partial charge in [-0.05, 0) is 24.1 Å². The van der Waals surface area contributed by atoms with E-state index in [2.05, 4.69) is 22.1 Å². The van der Waals surface area contributed by atoms with Crippen LogP contribution in [0.4, 0.5) is 10.9 Å². The molecule has 0 aliphatic heterocycles. The van der Waals surface area contributed by atoms with Crippen molar-refractivity contribution in [1.29, 1.82) is 0 Å². The summed E-state index contributed by atoms with van der Waals surface area (Å²) in [7, 11) is 1.50. The molecule has 0 bridgehead atoms. The van der Waals surface area contributed by atoms with Gasteiger partial charge in [-0.15, -0.1) is 17.9 Å². The number of nitrogens with one attached hydrogen (secondary N) is 1. The molecule has 0 atom stereocenters. The predicted molar refractivity (Wildman–Crippen MR) is 86.3 cm³/mol. The summed E-state index contributed by atoms with van der Waals surface area (Å²) in [6.45, 7) is 3.70. The van der Waals surface area contributed by atoms with Crippen LogP contribution in [-0.4, -0.2) is 23.4 Å². The van der Waals surface area contributed by atoms with E-state index in [1.54, 1.807) is 17.5 Å². The summed E-state index contributed by atoms with van der Waals surface area (Å²) in [6, 6.07) is 3.59. The molecular formula is C14H16N4O2S. The zero-order chi connectivity index (χ0) is 15.2. The van der Waals surface area contributed by atoms with E-state index in [0.717, 1.165) is 5.56 Å². The summed E-state index contributed by atoms with van der Waals surface area (Å²) >= 11 is 1.35. The lowest BCUT2D eigenvalue weighted by Gasteiger charge is -2.08. The Labute approximate surface area is 126 Å². The van der Waals surface area contributed by atoms with Crippen LogP contribution in [0.3, 0.4) is 0 Å². The number of methoxy groups -OCH3 is 1. The highest BCUT2D eigenvalue weighted by Crippen LogP contribution is 2.30. The van der Waals surface area contributed by atoms with Crippen LogP contribution in [0.15, 0.2) is 35.3 Å². The van der Waals surface area contributed by atoms with Gasteiger partial charge in [0.05, 0.1) is 13.3 Å². The number of nitrogen functional groups attached to an aromatic ring is 1. The highest BCUT2D eigenvalue weighted by atomic mass is 32.1. The molecule has 2 aromatic rings. The van der Waals surface area contributed by atoms with Crippen LogP contribution in [0, 0.1) is 0 Å². The van der Waals surface area contributed by atoms with Crippen molar-refractivity contribution in [2.45, 2.75) is 6.42 Å². The minimum absolute atomic E-state index is 0.0366. The molecule has 0 fully saturated rings. The third kappa shape index (κ3) is 3.73. The number of allylic oxidation sites excluding steroid dienone is 1. The first-order valence-electron chi connectivity index (χ1n) is 6.15. The number of hydrogen-bond donors (Lipinski definition) is 3. The van der Waals surface area contributed by atoms with Gasteiger partial charge in [0.1, 0.15) is 5.82 Å². The zero-order valence-corrected chi connectivity index (χ0v) is 12.4. The second-order valence-corrected chi connectivity index (χ2v) is 5.03. The van der Waals surface area contributed by atoms with Crippen molar-refractivity contribution in [3.05, 3.63) is 41.3 Å². The summed E-state index contributed by atoms with van der Waals surface area (Å²) in [6.07, 6.45) is 3.96. The molecule has 4 N–H and O–H groups in total. The van der Waals surface area contributed by atoms with Crippen LogP contribution in [0.25, 0.3) is 0 Å². The quantitative estimate of drug-likeness (QED) is 0.433. The number of hydrogen-bond acceptors (Lipinski definition) is 7. The number of nitrogens with zero attached hydrogens (tertiary/aromatic N) is 2. The molecule has 7 heteroatoms. The Kier molecular flexibility index (Phi) is 4.78. The van der Waals surface area contributed by atoms with E-state index >= 15 is 0 Å². The Morgan fingerprint density at radius 3 is 3.00 bits per heavy atom. The maximum atomic E-state index is 10.1. The lowest BCUT2D eigenvalue weighted by atomic mass is 10.1. The summed E-state index contributed by atoms with van der Waals surface area (Å²) in [5.74, 6) is 0.874. The smallest absolute Gasteiger partial charge is 0.205 e. The van der Waals surface area contributed by atoms with Crippen LogP contribution >= 0.6 is 11.3 Å². The van der Waals surface area contributed by atoms with Crippen LogP contribution in [0.2, 0.25) is 0 Å². The van der Waals surface area contributed by atoms with Gasteiger partial charge in [-0.2, -0.15) is 5.10 Å². The van der Waals surface area contributed by atoms with Crippen molar-refractivity contribution in [2.75, 3.05) is 18.3 Å². The van der Waals surface area contributed by atoms with E-state index in [1.807, 2.05) is 6.07 Å². The third-order valence-corrected chi connectivity index (χ3v) is 3.42. The fourth-order valence-corrected chi connectivity index (χ4v) is 2.27. The summed E-state index contributed by atoms with van der Waals surface area (Å²) in [5.41, 5.74) is 9.79. The van der Waals surface area contributed by atoms with E-state index in [1.165, 1.54) is 24.7 Å². The Bertz CT molecular complexity index is 667. The van der Waals surface area contributed by atoms with Gasteiger partial charge in [0.2, 0.25) is 5.13 Å². The number of aromatic hydroxyl groups is 1. The maximum absolute atomic E-state index is 10.1. The van der Waals surface area contributed by atoms with Gasteiger partial charge in [0.25, 0.3) is 0 Å². The number of thiazole rings is 1. The average molecular weight is 304 g/mol. The van der Waals surface area contributed by atoms with E-state index in [4.69, 9.17) is 10.5 Å². The number of ether oxygens (including phenoxy) is 1. The zero-order valence-electron chi connectivity index (χ0n) is 11.5. The van der Waals surface area contributed by atoms with E-state index in [9.17, 15) is 5.11 Å². The lowest BCUT2D eigenvalue weighted by molar-refractivity contribution is 0.372. The number of anilines is 2. The fourth-order valence-electron chi connectivity index (χ4n) is 1.72. The SMILES string of the molecule is C=CCc1cc(C=NNc2nc(N)cs2)c(O)c(OC)c1. The van der Waals surface area contributed by atoms with Crippen LogP contribution in [0.1, 0.15) is 11.1 Å². The number of benzene rings is 1. The molecule has 1 aromatic heterocycles. The van der Waals surface area contributed by atoms with Gasteiger partial charge >= 0.3 is 0 Å². The Hall–Kier alpha value is -2.54. The standard InChI is InChI=1S/C14H16N4O2S/c1-3-4-9-5-10(13(19)11(6-9)20-2)7-16-18-14-17-12(15)8-21-14/h3,5-8,19H,1,4,15H2,2H3,(H,17,18). The van der Waals surface area contributed by atoms with Gasteiger partial charge in [-0.25, -0.2) is 4.98 Å². The number of rotatable bonds is 6. The fraction of sp³-hybridized carbons (Fsp3) is 0.143.